The molecule has 0 aliphatic heterocycles. The van der Waals surface area contributed by atoms with Crippen LogP contribution in [0.3, 0.4) is 0 Å². The van der Waals surface area contributed by atoms with Crippen molar-refractivity contribution in [3.05, 3.63) is 53.1 Å². The first-order chi connectivity index (χ1) is 13.0. The Morgan fingerprint density at radius 2 is 1.67 bits per heavy atom. The van der Waals surface area contributed by atoms with Crippen LogP contribution in [0, 0.1) is 5.82 Å². The highest BCUT2D eigenvalue weighted by Crippen LogP contribution is 2.34. The van der Waals surface area contributed by atoms with Gasteiger partial charge in [-0.3, -0.25) is 0 Å². The average Bonchev–Trinajstić information content (AvgIpc) is 3.32. The molecule has 134 valence electrons. The minimum atomic E-state index is -0.306. The number of aryl methyl sites for hydroxylation is 2. The SMILES string of the molecule is Cn1cc(-c2nnc(-c3cn(C)c4ncc(Br)cc34)o2)c2cc(F)ccc21. The highest BCUT2D eigenvalue weighted by atomic mass is 79.9. The molecule has 0 aliphatic rings. The minimum Gasteiger partial charge on any atom is -0.416 e. The van der Waals surface area contributed by atoms with E-state index in [0.29, 0.717) is 17.3 Å². The second-order valence-corrected chi connectivity index (χ2v) is 7.32. The fourth-order valence-electron chi connectivity index (χ4n) is 3.38. The lowest BCUT2D eigenvalue weighted by Gasteiger charge is -1.96. The van der Waals surface area contributed by atoms with E-state index < -0.39 is 0 Å². The molecule has 0 aliphatic carbocycles. The molecule has 0 amide bonds. The van der Waals surface area contributed by atoms with Crippen molar-refractivity contribution in [1.29, 1.82) is 0 Å². The Labute approximate surface area is 161 Å². The van der Waals surface area contributed by atoms with Crippen LogP contribution in [0.5, 0.6) is 0 Å². The van der Waals surface area contributed by atoms with Crippen molar-refractivity contribution >= 4 is 37.9 Å². The van der Waals surface area contributed by atoms with Crippen LogP contribution in [0.2, 0.25) is 0 Å². The summed E-state index contributed by atoms with van der Waals surface area (Å²) in [6, 6.07) is 6.62. The van der Waals surface area contributed by atoms with E-state index in [1.807, 2.05) is 41.7 Å². The van der Waals surface area contributed by atoms with Crippen LogP contribution in [-0.4, -0.2) is 24.3 Å². The molecule has 0 saturated heterocycles. The zero-order chi connectivity index (χ0) is 18.7. The maximum atomic E-state index is 13.7. The number of hydrogen-bond donors (Lipinski definition) is 0. The lowest BCUT2D eigenvalue weighted by molar-refractivity contribution is 0.585. The van der Waals surface area contributed by atoms with E-state index >= 15 is 0 Å². The lowest BCUT2D eigenvalue weighted by atomic mass is 10.2. The van der Waals surface area contributed by atoms with Crippen LogP contribution >= 0.6 is 15.9 Å². The van der Waals surface area contributed by atoms with E-state index in [0.717, 1.165) is 32.0 Å². The van der Waals surface area contributed by atoms with Gasteiger partial charge in [-0.15, -0.1) is 10.2 Å². The van der Waals surface area contributed by atoms with E-state index in [1.165, 1.54) is 12.1 Å². The van der Waals surface area contributed by atoms with Crippen molar-refractivity contribution < 1.29 is 8.81 Å². The summed E-state index contributed by atoms with van der Waals surface area (Å²) in [6.45, 7) is 0. The van der Waals surface area contributed by atoms with Crippen LogP contribution in [0.1, 0.15) is 0 Å². The minimum absolute atomic E-state index is 0.306. The summed E-state index contributed by atoms with van der Waals surface area (Å²) in [5.74, 6) is 0.435. The Bertz CT molecular complexity index is 1230. The number of fused-ring (bicyclic) bond motifs is 2. The third-order valence-electron chi connectivity index (χ3n) is 4.62. The number of hydrogen-bond acceptors (Lipinski definition) is 4. The quantitative estimate of drug-likeness (QED) is 0.411. The Balaban J connectivity index is 1.68. The number of benzene rings is 1. The van der Waals surface area contributed by atoms with Crippen molar-refractivity contribution in [2.45, 2.75) is 0 Å². The molecule has 5 aromatic rings. The van der Waals surface area contributed by atoms with Gasteiger partial charge in [0.1, 0.15) is 11.5 Å². The first-order valence-electron chi connectivity index (χ1n) is 8.20. The van der Waals surface area contributed by atoms with E-state index in [4.69, 9.17) is 4.42 Å². The molecule has 0 saturated carbocycles. The van der Waals surface area contributed by atoms with Gasteiger partial charge in [0.25, 0.3) is 0 Å². The zero-order valence-electron chi connectivity index (χ0n) is 14.4. The average molecular weight is 426 g/mol. The van der Waals surface area contributed by atoms with Crippen molar-refractivity contribution in [2.24, 2.45) is 14.1 Å². The van der Waals surface area contributed by atoms with Crippen LogP contribution in [0.4, 0.5) is 4.39 Å². The summed E-state index contributed by atoms with van der Waals surface area (Å²) in [5.41, 5.74) is 3.21. The fourth-order valence-corrected chi connectivity index (χ4v) is 3.71. The molecule has 0 N–H and O–H groups in total. The van der Waals surface area contributed by atoms with Crippen LogP contribution in [0.15, 0.2) is 51.7 Å². The molecule has 5 rings (SSSR count). The van der Waals surface area contributed by atoms with Crippen molar-refractivity contribution in [2.75, 3.05) is 0 Å². The third kappa shape index (κ3) is 2.48. The maximum Gasteiger partial charge on any atom is 0.250 e. The van der Waals surface area contributed by atoms with Gasteiger partial charge < -0.3 is 13.6 Å². The van der Waals surface area contributed by atoms with Crippen LogP contribution in [-0.2, 0) is 14.1 Å². The monoisotopic (exact) mass is 425 g/mol. The molecule has 0 unspecified atom stereocenters. The summed E-state index contributed by atoms with van der Waals surface area (Å²) in [5, 5.41) is 10.1. The van der Waals surface area contributed by atoms with Gasteiger partial charge in [-0.1, -0.05) is 0 Å². The van der Waals surface area contributed by atoms with Gasteiger partial charge in [-0.2, -0.15) is 0 Å². The molecule has 4 heterocycles. The van der Waals surface area contributed by atoms with Crippen LogP contribution < -0.4 is 0 Å². The summed E-state index contributed by atoms with van der Waals surface area (Å²) >= 11 is 3.45. The zero-order valence-corrected chi connectivity index (χ0v) is 16.0. The normalized spacial score (nSPS) is 11.7. The Kier molecular flexibility index (Phi) is 3.45. The first kappa shape index (κ1) is 16.2. The van der Waals surface area contributed by atoms with Crippen LogP contribution in [0.25, 0.3) is 44.8 Å². The van der Waals surface area contributed by atoms with Gasteiger partial charge >= 0.3 is 0 Å². The van der Waals surface area contributed by atoms with Crippen molar-refractivity contribution in [3.63, 3.8) is 0 Å². The number of pyridine rings is 1. The Hall–Kier alpha value is -3.00. The molecular formula is C19H13BrFN5O. The summed E-state index contributed by atoms with van der Waals surface area (Å²) in [7, 11) is 3.81. The van der Waals surface area contributed by atoms with Gasteiger partial charge in [0.05, 0.1) is 11.1 Å². The number of aromatic nitrogens is 5. The molecule has 0 atom stereocenters. The molecule has 4 aromatic heterocycles. The largest absolute Gasteiger partial charge is 0.416 e. The van der Waals surface area contributed by atoms with Gasteiger partial charge in [-0.05, 0) is 40.2 Å². The molecule has 27 heavy (non-hydrogen) atoms. The van der Waals surface area contributed by atoms with Gasteiger partial charge in [-0.25, -0.2) is 9.37 Å². The fraction of sp³-hybridized carbons (Fsp3) is 0.105. The number of nitrogens with zero attached hydrogens (tertiary/aromatic N) is 5. The molecule has 0 fully saturated rings. The molecule has 0 radical (unpaired) electrons. The lowest BCUT2D eigenvalue weighted by Crippen LogP contribution is -1.86. The highest BCUT2D eigenvalue weighted by molar-refractivity contribution is 9.10. The number of rotatable bonds is 2. The highest BCUT2D eigenvalue weighted by Gasteiger charge is 2.19. The second-order valence-electron chi connectivity index (χ2n) is 6.41. The summed E-state index contributed by atoms with van der Waals surface area (Å²) < 4.78 is 24.4. The van der Waals surface area contributed by atoms with E-state index in [-0.39, 0.29) is 5.82 Å². The molecule has 0 bridgehead atoms. The number of halogens is 2. The van der Waals surface area contributed by atoms with E-state index in [9.17, 15) is 4.39 Å². The summed E-state index contributed by atoms with van der Waals surface area (Å²) in [6.07, 6.45) is 5.52. The Morgan fingerprint density at radius 3 is 2.44 bits per heavy atom. The predicted molar refractivity (Wildman–Crippen MR) is 104 cm³/mol. The van der Waals surface area contributed by atoms with E-state index in [1.54, 1.807) is 12.3 Å². The second kappa shape index (κ2) is 5.75. The van der Waals surface area contributed by atoms with E-state index in [2.05, 4.69) is 31.1 Å². The van der Waals surface area contributed by atoms with Gasteiger partial charge in [0, 0.05) is 53.4 Å². The van der Waals surface area contributed by atoms with Gasteiger partial charge in [0.15, 0.2) is 0 Å². The smallest absolute Gasteiger partial charge is 0.250 e. The van der Waals surface area contributed by atoms with Crippen molar-refractivity contribution in [3.8, 4) is 22.9 Å². The predicted octanol–water partition coefficient (Wildman–Crippen LogP) is 4.68. The maximum absolute atomic E-state index is 13.7. The van der Waals surface area contributed by atoms with Crippen molar-refractivity contribution in [1.82, 2.24) is 24.3 Å². The standard InChI is InChI=1S/C19H13BrFN5O/c1-25-8-14(12-6-11(21)3-4-16(12)25)18-23-24-19(27-18)15-9-26(2)17-13(15)5-10(20)7-22-17/h3-9H,1-2H3. The van der Waals surface area contributed by atoms with Gasteiger partial charge in [0.2, 0.25) is 11.8 Å². The first-order valence-corrected chi connectivity index (χ1v) is 9.00. The molecule has 0 spiro atoms. The molecular weight excluding hydrogens is 413 g/mol. The summed E-state index contributed by atoms with van der Waals surface area (Å²) in [4.78, 5) is 4.43. The third-order valence-corrected chi connectivity index (χ3v) is 5.05. The molecule has 6 nitrogen and oxygen atoms in total. The Morgan fingerprint density at radius 1 is 0.963 bits per heavy atom. The molecule has 8 heteroatoms. The molecule has 1 aromatic carbocycles. The topological polar surface area (TPSA) is 61.7 Å².